The summed E-state index contributed by atoms with van der Waals surface area (Å²) in [6.07, 6.45) is 4.97. The minimum absolute atomic E-state index is 0.116. The third-order valence-corrected chi connectivity index (χ3v) is 5.53. The quantitative estimate of drug-likeness (QED) is 0.705. The first kappa shape index (κ1) is 16.8. The predicted octanol–water partition coefficient (Wildman–Crippen LogP) is 3.22. The fraction of sp³-hybridized carbons (Fsp3) is 0.389. The van der Waals surface area contributed by atoms with Crippen LogP contribution in [0.1, 0.15) is 44.8 Å². The van der Waals surface area contributed by atoms with E-state index in [0.717, 1.165) is 28.3 Å². The second-order valence-electron chi connectivity index (χ2n) is 6.48. The smallest absolute Gasteiger partial charge is 0.278 e. The molecule has 0 aromatic carbocycles. The monoisotopic (exact) mass is 369 g/mol. The lowest BCUT2D eigenvalue weighted by Crippen LogP contribution is -2.37. The van der Waals surface area contributed by atoms with Gasteiger partial charge in [-0.1, -0.05) is 5.16 Å². The molecule has 0 atom stereocenters. The van der Waals surface area contributed by atoms with Crippen LogP contribution in [0.4, 0.5) is 0 Å². The maximum absolute atomic E-state index is 12.5. The summed E-state index contributed by atoms with van der Waals surface area (Å²) < 4.78 is 5.35. The van der Waals surface area contributed by atoms with Crippen LogP contribution in [0, 0.1) is 13.8 Å². The summed E-state index contributed by atoms with van der Waals surface area (Å²) in [4.78, 5) is 29.4. The average molecular weight is 369 g/mol. The number of aryl methyl sites for hydroxylation is 2. The molecule has 134 valence electrons. The van der Waals surface area contributed by atoms with Gasteiger partial charge in [-0.2, -0.15) is 4.98 Å². The average Bonchev–Trinajstić information content (AvgIpc) is 3.31. The number of nitrogens with zero attached hydrogens (tertiary/aromatic N) is 5. The van der Waals surface area contributed by atoms with Crippen LogP contribution in [0.25, 0.3) is 11.6 Å². The van der Waals surface area contributed by atoms with Crippen molar-refractivity contribution in [2.45, 2.75) is 32.6 Å². The number of hydrogen-bond acceptors (Lipinski definition) is 7. The molecule has 3 aromatic heterocycles. The second-order valence-corrected chi connectivity index (χ2v) is 7.77. The lowest BCUT2D eigenvalue weighted by atomic mass is 9.96. The molecule has 7 nitrogen and oxygen atoms in total. The van der Waals surface area contributed by atoms with Gasteiger partial charge in [0.1, 0.15) is 5.69 Å². The largest absolute Gasteiger partial charge is 0.338 e. The van der Waals surface area contributed by atoms with Gasteiger partial charge in [0.05, 0.1) is 16.8 Å². The van der Waals surface area contributed by atoms with Crippen molar-refractivity contribution >= 4 is 17.2 Å². The Balaban J connectivity index is 1.40. The number of rotatable bonds is 3. The van der Waals surface area contributed by atoms with Crippen LogP contribution in [0.3, 0.4) is 0 Å². The standard InChI is InChI=1S/C18H19N5O2S/c1-11-9-20-14(10-19-11)17-21-16(22-25-17)13-5-7-23(8-6-13)18(24)15-4-3-12(2)26-15/h3-4,9-10,13H,5-8H2,1-2H3. The van der Waals surface area contributed by atoms with Gasteiger partial charge in [0.2, 0.25) is 0 Å². The molecule has 0 N–H and O–H groups in total. The summed E-state index contributed by atoms with van der Waals surface area (Å²) >= 11 is 1.54. The summed E-state index contributed by atoms with van der Waals surface area (Å²) in [6, 6.07) is 3.89. The van der Waals surface area contributed by atoms with E-state index >= 15 is 0 Å². The van der Waals surface area contributed by atoms with Crippen molar-refractivity contribution in [2.24, 2.45) is 0 Å². The third-order valence-electron chi connectivity index (χ3n) is 4.54. The third kappa shape index (κ3) is 3.37. The maximum atomic E-state index is 12.5. The number of piperidine rings is 1. The van der Waals surface area contributed by atoms with Gasteiger partial charge in [0, 0.05) is 30.1 Å². The zero-order valence-corrected chi connectivity index (χ0v) is 15.5. The summed E-state index contributed by atoms with van der Waals surface area (Å²) in [7, 11) is 0. The highest BCUT2D eigenvalue weighted by Crippen LogP contribution is 2.29. The van der Waals surface area contributed by atoms with Crippen LogP contribution >= 0.6 is 11.3 Å². The zero-order valence-electron chi connectivity index (χ0n) is 14.7. The van der Waals surface area contributed by atoms with E-state index in [2.05, 4.69) is 20.1 Å². The van der Waals surface area contributed by atoms with E-state index in [1.165, 1.54) is 0 Å². The highest BCUT2D eigenvalue weighted by molar-refractivity contribution is 7.13. The van der Waals surface area contributed by atoms with E-state index in [-0.39, 0.29) is 11.8 Å². The number of carbonyl (C=O) groups is 1. The van der Waals surface area contributed by atoms with E-state index < -0.39 is 0 Å². The molecule has 0 unspecified atom stereocenters. The Morgan fingerprint density at radius 3 is 2.65 bits per heavy atom. The summed E-state index contributed by atoms with van der Waals surface area (Å²) in [5.74, 6) is 1.38. The van der Waals surface area contributed by atoms with Crippen LogP contribution in [-0.4, -0.2) is 44.0 Å². The van der Waals surface area contributed by atoms with Crippen molar-refractivity contribution in [1.82, 2.24) is 25.0 Å². The molecule has 1 aliphatic heterocycles. The zero-order chi connectivity index (χ0) is 18.1. The van der Waals surface area contributed by atoms with Crippen molar-refractivity contribution in [1.29, 1.82) is 0 Å². The number of hydrogen-bond donors (Lipinski definition) is 0. The van der Waals surface area contributed by atoms with Crippen LogP contribution in [0.5, 0.6) is 0 Å². The van der Waals surface area contributed by atoms with Crippen molar-refractivity contribution in [3.05, 3.63) is 45.8 Å². The Morgan fingerprint density at radius 1 is 1.19 bits per heavy atom. The molecule has 3 aromatic rings. The first-order valence-electron chi connectivity index (χ1n) is 8.58. The van der Waals surface area contributed by atoms with E-state index in [4.69, 9.17) is 4.52 Å². The summed E-state index contributed by atoms with van der Waals surface area (Å²) in [5, 5.41) is 4.11. The van der Waals surface area contributed by atoms with E-state index in [0.29, 0.717) is 30.5 Å². The first-order valence-corrected chi connectivity index (χ1v) is 9.40. The molecule has 0 bridgehead atoms. The van der Waals surface area contributed by atoms with Gasteiger partial charge >= 0.3 is 0 Å². The van der Waals surface area contributed by atoms with Gasteiger partial charge in [-0.25, -0.2) is 4.98 Å². The normalized spacial score (nSPS) is 15.4. The fourth-order valence-corrected chi connectivity index (χ4v) is 3.89. The van der Waals surface area contributed by atoms with Gasteiger partial charge in [-0.3, -0.25) is 9.78 Å². The molecule has 8 heteroatoms. The number of likely N-dealkylation sites (tertiary alicyclic amines) is 1. The molecule has 1 amide bonds. The number of aromatic nitrogens is 4. The molecule has 0 saturated carbocycles. The molecule has 1 saturated heterocycles. The summed E-state index contributed by atoms with van der Waals surface area (Å²) in [6.45, 7) is 5.30. The van der Waals surface area contributed by atoms with Crippen molar-refractivity contribution in [3.8, 4) is 11.6 Å². The van der Waals surface area contributed by atoms with Crippen LogP contribution in [0.15, 0.2) is 29.0 Å². The Bertz CT molecular complexity index is 910. The Kier molecular flexibility index (Phi) is 4.50. The van der Waals surface area contributed by atoms with Gasteiger partial charge in [-0.05, 0) is 38.8 Å². The SMILES string of the molecule is Cc1cnc(-c2nc(C3CCN(C(=O)c4ccc(C)s4)CC3)no2)cn1. The Morgan fingerprint density at radius 2 is 2.00 bits per heavy atom. The molecular formula is C18H19N5O2S. The topological polar surface area (TPSA) is 85.0 Å². The van der Waals surface area contributed by atoms with Crippen LogP contribution in [-0.2, 0) is 0 Å². The molecule has 4 heterocycles. The van der Waals surface area contributed by atoms with Gasteiger partial charge in [-0.15, -0.1) is 11.3 Å². The van der Waals surface area contributed by atoms with Crippen LogP contribution < -0.4 is 0 Å². The lowest BCUT2D eigenvalue weighted by molar-refractivity contribution is 0.0715. The van der Waals surface area contributed by atoms with Crippen LogP contribution in [0.2, 0.25) is 0 Å². The molecule has 4 rings (SSSR count). The minimum Gasteiger partial charge on any atom is -0.338 e. The molecule has 0 radical (unpaired) electrons. The van der Waals surface area contributed by atoms with Gasteiger partial charge < -0.3 is 9.42 Å². The minimum atomic E-state index is 0.116. The Labute approximate surface area is 155 Å². The molecule has 1 aliphatic rings. The van der Waals surface area contributed by atoms with Crippen molar-refractivity contribution in [2.75, 3.05) is 13.1 Å². The molecule has 0 aliphatic carbocycles. The molecule has 0 spiro atoms. The first-order chi connectivity index (χ1) is 12.6. The molecule has 1 fully saturated rings. The van der Waals surface area contributed by atoms with E-state index in [9.17, 15) is 4.79 Å². The number of thiophene rings is 1. The number of amides is 1. The summed E-state index contributed by atoms with van der Waals surface area (Å²) in [5.41, 5.74) is 1.42. The lowest BCUT2D eigenvalue weighted by Gasteiger charge is -2.30. The fourth-order valence-electron chi connectivity index (χ4n) is 3.05. The molecular weight excluding hydrogens is 350 g/mol. The predicted molar refractivity (Wildman–Crippen MR) is 97.0 cm³/mol. The number of carbonyl (C=O) groups excluding carboxylic acids is 1. The van der Waals surface area contributed by atoms with E-state index in [1.807, 2.05) is 30.9 Å². The Hall–Kier alpha value is -2.61. The van der Waals surface area contributed by atoms with E-state index in [1.54, 1.807) is 23.7 Å². The van der Waals surface area contributed by atoms with Crippen molar-refractivity contribution < 1.29 is 9.32 Å². The molecule has 26 heavy (non-hydrogen) atoms. The highest BCUT2D eigenvalue weighted by atomic mass is 32.1. The highest BCUT2D eigenvalue weighted by Gasteiger charge is 2.28. The second kappa shape index (κ2) is 6.95. The van der Waals surface area contributed by atoms with Crippen molar-refractivity contribution in [3.63, 3.8) is 0 Å². The van der Waals surface area contributed by atoms with Gasteiger partial charge in [0.25, 0.3) is 11.8 Å². The maximum Gasteiger partial charge on any atom is 0.278 e. The van der Waals surface area contributed by atoms with Gasteiger partial charge in [0.15, 0.2) is 5.82 Å².